The van der Waals surface area contributed by atoms with Crippen molar-refractivity contribution in [3.05, 3.63) is 53.1 Å². The summed E-state index contributed by atoms with van der Waals surface area (Å²) < 4.78 is 5.25. The molecule has 0 unspecified atom stereocenters. The Morgan fingerprint density at radius 3 is 2.67 bits per heavy atom. The Kier molecular flexibility index (Phi) is 4.25. The van der Waals surface area contributed by atoms with Crippen LogP contribution in [0.3, 0.4) is 0 Å². The number of fused-ring (bicyclic) bond motifs is 1. The summed E-state index contributed by atoms with van der Waals surface area (Å²) in [6.07, 6.45) is 0.781. The van der Waals surface area contributed by atoms with E-state index in [2.05, 4.69) is 5.32 Å². The molecule has 2 aromatic carbocycles. The third-order valence-corrected chi connectivity index (χ3v) is 4.19. The highest BCUT2D eigenvalue weighted by atomic mass is 16.5. The van der Waals surface area contributed by atoms with E-state index >= 15 is 0 Å². The van der Waals surface area contributed by atoms with Crippen LogP contribution in [-0.4, -0.2) is 25.5 Å². The monoisotopic (exact) mass is 324 g/mol. The van der Waals surface area contributed by atoms with Crippen LogP contribution in [0.25, 0.3) is 0 Å². The Balaban J connectivity index is 1.97. The van der Waals surface area contributed by atoms with Gasteiger partial charge < -0.3 is 15.0 Å². The summed E-state index contributed by atoms with van der Waals surface area (Å²) in [6, 6.07) is 11.1. The SMILES string of the molecule is COc1ccc(C(=O)N2CCc3cccc(NC(C)=O)c32)cc1C. The van der Waals surface area contributed by atoms with E-state index in [0.29, 0.717) is 17.8 Å². The lowest BCUT2D eigenvalue weighted by Crippen LogP contribution is -2.29. The van der Waals surface area contributed by atoms with Crippen molar-refractivity contribution in [1.29, 1.82) is 0 Å². The first-order valence-electron chi connectivity index (χ1n) is 7.87. The summed E-state index contributed by atoms with van der Waals surface area (Å²) in [5.41, 5.74) is 4.07. The molecule has 5 heteroatoms. The molecule has 0 aromatic heterocycles. The van der Waals surface area contributed by atoms with Crippen molar-refractivity contribution < 1.29 is 14.3 Å². The van der Waals surface area contributed by atoms with Gasteiger partial charge in [0, 0.05) is 19.0 Å². The van der Waals surface area contributed by atoms with E-state index in [9.17, 15) is 9.59 Å². The molecule has 0 atom stereocenters. The first kappa shape index (κ1) is 16.1. The zero-order chi connectivity index (χ0) is 17.3. The van der Waals surface area contributed by atoms with Crippen LogP contribution >= 0.6 is 0 Å². The zero-order valence-electron chi connectivity index (χ0n) is 14.1. The maximum absolute atomic E-state index is 13.0. The number of methoxy groups -OCH3 is 1. The third-order valence-electron chi connectivity index (χ3n) is 4.19. The minimum absolute atomic E-state index is 0.0719. The molecule has 1 aliphatic heterocycles. The molecular formula is C19H20N2O3. The van der Waals surface area contributed by atoms with E-state index in [0.717, 1.165) is 29.0 Å². The first-order chi connectivity index (χ1) is 11.5. The van der Waals surface area contributed by atoms with Gasteiger partial charge in [-0.1, -0.05) is 12.1 Å². The lowest BCUT2D eigenvalue weighted by atomic mass is 10.1. The topological polar surface area (TPSA) is 58.6 Å². The van der Waals surface area contributed by atoms with Gasteiger partial charge in [-0.05, 0) is 48.7 Å². The summed E-state index contributed by atoms with van der Waals surface area (Å²) in [7, 11) is 1.61. The van der Waals surface area contributed by atoms with Crippen molar-refractivity contribution in [1.82, 2.24) is 0 Å². The molecule has 24 heavy (non-hydrogen) atoms. The summed E-state index contributed by atoms with van der Waals surface area (Å²) >= 11 is 0. The van der Waals surface area contributed by atoms with Crippen molar-refractivity contribution in [2.24, 2.45) is 0 Å². The van der Waals surface area contributed by atoms with Gasteiger partial charge in [-0.25, -0.2) is 0 Å². The van der Waals surface area contributed by atoms with Crippen LogP contribution in [0.4, 0.5) is 11.4 Å². The fourth-order valence-corrected chi connectivity index (χ4v) is 3.12. The second-order valence-electron chi connectivity index (χ2n) is 5.89. The predicted molar refractivity (Wildman–Crippen MR) is 93.9 cm³/mol. The van der Waals surface area contributed by atoms with E-state index in [4.69, 9.17) is 4.74 Å². The first-order valence-corrected chi connectivity index (χ1v) is 7.87. The van der Waals surface area contributed by atoms with E-state index in [1.54, 1.807) is 24.1 Å². The van der Waals surface area contributed by atoms with Crippen LogP contribution in [0.15, 0.2) is 36.4 Å². The van der Waals surface area contributed by atoms with E-state index in [1.165, 1.54) is 6.92 Å². The van der Waals surface area contributed by atoms with Gasteiger partial charge in [0.25, 0.3) is 5.91 Å². The molecule has 0 fully saturated rings. The Labute approximate surface area is 141 Å². The minimum Gasteiger partial charge on any atom is -0.496 e. The number of para-hydroxylation sites is 1. The number of nitrogens with zero attached hydrogens (tertiary/aromatic N) is 1. The minimum atomic E-state index is -0.150. The van der Waals surface area contributed by atoms with Crippen molar-refractivity contribution in [3.63, 3.8) is 0 Å². The fourth-order valence-electron chi connectivity index (χ4n) is 3.12. The Hall–Kier alpha value is -2.82. The van der Waals surface area contributed by atoms with Gasteiger partial charge in [0.1, 0.15) is 5.75 Å². The van der Waals surface area contributed by atoms with Gasteiger partial charge in [-0.3, -0.25) is 9.59 Å². The normalized spacial score (nSPS) is 12.7. The van der Waals surface area contributed by atoms with Crippen LogP contribution in [0, 0.1) is 6.92 Å². The second-order valence-corrected chi connectivity index (χ2v) is 5.89. The molecule has 2 aromatic rings. The molecule has 1 aliphatic rings. The van der Waals surface area contributed by atoms with Crippen LogP contribution in [0.2, 0.25) is 0 Å². The number of hydrogen-bond donors (Lipinski definition) is 1. The highest BCUT2D eigenvalue weighted by molar-refractivity contribution is 6.10. The number of benzene rings is 2. The molecule has 1 N–H and O–H groups in total. The van der Waals surface area contributed by atoms with E-state index in [1.807, 2.05) is 31.2 Å². The number of hydrogen-bond acceptors (Lipinski definition) is 3. The largest absolute Gasteiger partial charge is 0.496 e. The maximum Gasteiger partial charge on any atom is 0.258 e. The van der Waals surface area contributed by atoms with Crippen molar-refractivity contribution in [2.75, 3.05) is 23.9 Å². The van der Waals surface area contributed by atoms with Crippen molar-refractivity contribution >= 4 is 23.2 Å². The standard InChI is InChI=1S/C19H20N2O3/c1-12-11-15(7-8-17(12)24-3)19(23)21-10-9-14-5-4-6-16(18(14)21)20-13(2)22/h4-8,11H,9-10H2,1-3H3,(H,20,22). The van der Waals surface area contributed by atoms with Crippen LogP contribution in [0.5, 0.6) is 5.75 Å². The number of nitrogens with one attached hydrogen (secondary N) is 1. The number of aryl methyl sites for hydroxylation is 1. The highest BCUT2D eigenvalue weighted by Gasteiger charge is 2.28. The Morgan fingerprint density at radius 1 is 1.21 bits per heavy atom. The van der Waals surface area contributed by atoms with Crippen molar-refractivity contribution in [2.45, 2.75) is 20.3 Å². The lowest BCUT2D eigenvalue weighted by Gasteiger charge is -2.21. The number of amides is 2. The van der Waals surface area contributed by atoms with Gasteiger partial charge in [-0.2, -0.15) is 0 Å². The smallest absolute Gasteiger partial charge is 0.258 e. The molecule has 0 spiro atoms. The molecule has 0 saturated carbocycles. The number of carbonyl (C=O) groups excluding carboxylic acids is 2. The molecule has 124 valence electrons. The fraction of sp³-hybridized carbons (Fsp3) is 0.263. The Bertz CT molecular complexity index is 814. The van der Waals surface area contributed by atoms with E-state index < -0.39 is 0 Å². The molecule has 0 saturated heterocycles. The Morgan fingerprint density at radius 2 is 2.00 bits per heavy atom. The molecule has 0 bridgehead atoms. The quantitative estimate of drug-likeness (QED) is 0.943. The predicted octanol–water partition coefficient (Wildman–Crippen LogP) is 3.16. The molecule has 5 nitrogen and oxygen atoms in total. The van der Waals surface area contributed by atoms with Crippen LogP contribution in [0.1, 0.15) is 28.4 Å². The summed E-state index contributed by atoms with van der Waals surface area (Å²) in [6.45, 7) is 3.99. The third kappa shape index (κ3) is 2.85. The van der Waals surface area contributed by atoms with Crippen molar-refractivity contribution in [3.8, 4) is 5.75 Å². The van der Waals surface area contributed by atoms with E-state index in [-0.39, 0.29) is 11.8 Å². The maximum atomic E-state index is 13.0. The summed E-state index contributed by atoms with van der Waals surface area (Å²) in [5.74, 6) is 0.535. The van der Waals surface area contributed by atoms with Crippen LogP contribution in [-0.2, 0) is 11.2 Å². The zero-order valence-corrected chi connectivity index (χ0v) is 14.1. The molecule has 2 amide bonds. The summed E-state index contributed by atoms with van der Waals surface area (Å²) in [4.78, 5) is 26.2. The number of ether oxygens (including phenoxy) is 1. The average Bonchev–Trinajstić information content (AvgIpc) is 2.98. The number of anilines is 2. The highest BCUT2D eigenvalue weighted by Crippen LogP contribution is 2.36. The molecular weight excluding hydrogens is 304 g/mol. The van der Waals surface area contributed by atoms with Gasteiger partial charge in [0.15, 0.2) is 0 Å². The lowest BCUT2D eigenvalue weighted by molar-refractivity contribution is -0.114. The number of carbonyl (C=O) groups is 2. The summed E-state index contributed by atoms with van der Waals surface area (Å²) in [5, 5.41) is 2.82. The average molecular weight is 324 g/mol. The van der Waals surface area contributed by atoms with Gasteiger partial charge in [-0.15, -0.1) is 0 Å². The second kappa shape index (κ2) is 6.35. The molecule has 0 aliphatic carbocycles. The van der Waals surface area contributed by atoms with Gasteiger partial charge in [0.05, 0.1) is 18.5 Å². The molecule has 3 rings (SSSR count). The van der Waals surface area contributed by atoms with Crippen LogP contribution < -0.4 is 15.0 Å². The molecule has 1 heterocycles. The molecule has 0 radical (unpaired) electrons. The van der Waals surface area contributed by atoms with Gasteiger partial charge >= 0.3 is 0 Å². The van der Waals surface area contributed by atoms with Gasteiger partial charge in [0.2, 0.25) is 5.91 Å². The number of rotatable bonds is 3.